The summed E-state index contributed by atoms with van der Waals surface area (Å²) in [7, 11) is 0. The van der Waals surface area contributed by atoms with E-state index in [-0.39, 0.29) is 5.76 Å². The fourth-order valence-electron chi connectivity index (χ4n) is 1.87. The van der Waals surface area contributed by atoms with Gasteiger partial charge in [-0.25, -0.2) is 4.79 Å². The van der Waals surface area contributed by atoms with Gasteiger partial charge in [-0.05, 0) is 24.1 Å². The van der Waals surface area contributed by atoms with Crippen molar-refractivity contribution in [3.8, 4) is 0 Å². The summed E-state index contributed by atoms with van der Waals surface area (Å²) in [4.78, 5) is 11.8. The molecule has 0 radical (unpaired) electrons. The molecule has 1 N–H and O–H groups in total. The molecule has 0 atom stereocenters. The minimum absolute atomic E-state index is 0.387. The molecule has 0 aliphatic heterocycles. The van der Waals surface area contributed by atoms with Gasteiger partial charge in [-0.15, -0.1) is 0 Å². The van der Waals surface area contributed by atoms with E-state index in [4.69, 9.17) is 4.74 Å². The molecule has 0 bridgehead atoms. The lowest BCUT2D eigenvalue weighted by Gasteiger charge is -2.18. The molecule has 2 aromatic rings. The van der Waals surface area contributed by atoms with Gasteiger partial charge in [0, 0.05) is 0 Å². The largest absolute Gasteiger partial charge is 0.502 e. The van der Waals surface area contributed by atoms with Crippen molar-refractivity contribution in [1.29, 1.82) is 0 Å². The third kappa shape index (κ3) is 3.26. The monoisotopic (exact) mass is 268 g/mol. The van der Waals surface area contributed by atoms with E-state index in [2.05, 4.69) is 0 Å². The van der Waals surface area contributed by atoms with Gasteiger partial charge >= 0.3 is 5.97 Å². The zero-order valence-electron chi connectivity index (χ0n) is 11.2. The molecule has 0 heterocycles. The van der Waals surface area contributed by atoms with Crippen LogP contribution in [0.2, 0.25) is 0 Å². The SMILES string of the molecule is CC=C(O)C(=O)OC(c1ccccc1)c1ccccc1. The first kappa shape index (κ1) is 13.9. The van der Waals surface area contributed by atoms with Crippen molar-refractivity contribution in [2.45, 2.75) is 13.0 Å². The fourth-order valence-corrected chi connectivity index (χ4v) is 1.87. The van der Waals surface area contributed by atoms with Gasteiger partial charge in [0.25, 0.3) is 0 Å². The van der Waals surface area contributed by atoms with Crippen LogP contribution in [0.3, 0.4) is 0 Å². The number of benzene rings is 2. The lowest BCUT2D eigenvalue weighted by molar-refractivity contribution is -0.145. The van der Waals surface area contributed by atoms with E-state index in [0.29, 0.717) is 0 Å². The minimum Gasteiger partial charge on any atom is -0.502 e. The lowest BCUT2D eigenvalue weighted by atomic mass is 10.0. The maximum Gasteiger partial charge on any atom is 0.373 e. The highest BCUT2D eigenvalue weighted by molar-refractivity contribution is 5.86. The molecule has 0 aliphatic carbocycles. The van der Waals surface area contributed by atoms with Crippen molar-refractivity contribution in [3.63, 3.8) is 0 Å². The lowest BCUT2D eigenvalue weighted by Crippen LogP contribution is -2.14. The number of ether oxygens (including phenoxy) is 1. The van der Waals surface area contributed by atoms with Crippen molar-refractivity contribution in [2.75, 3.05) is 0 Å². The molecule has 0 saturated heterocycles. The quantitative estimate of drug-likeness (QED) is 0.521. The first-order valence-electron chi connectivity index (χ1n) is 6.38. The van der Waals surface area contributed by atoms with Crippen LogP contribution in [0.4, 0.5) is 0 Å². The Morgan fingerprint density at radius 3 is 1.85 bits per heavy atom. The summed E-state index contributed by atoms with van der Waals surface area (Å²) in [5, 5.41) is 9.46. The van der Waals surface area contributed by atoms with E-state index in [0.717, 1.165) is 11.1 Å². The van der Waals surface area contributed by atoms with Crippen LogP contribution in [-0.2, 0) is 9.53 Å². The second-order valence-electron chi connectivity index (χ2n) is 4.28. The number of hydrogen-bond donors (Lipinski definition) is 1. The van der Waals surface area contributed by atoms with Gasteiger partial charge in [0.05, 0.1) is 0 Å². The number of allylic oxidation sites excluding steroid dienone is 1. The summed E-state index contributed by atoms with van der Waals surface area (Å²) in [5.74, 6) is -1.12. The normalized spacial score (nSPS) is 11.4. The van der Waals surface area contributed by atoms with Crippen LogP contribution in [0, 0.1) is 0 Å². The molecule has 0 aliphatic rings. The summed E-state index contributed by atoms with van der Waals surface area (Å²) in [6.07, 6.45) is 0.780. The Balaban J connectivity index is 2.33. The van der Waals surface area contributed by atoms with E-state index >= 15 is 0 Å². The molecular weight excluding hydrogens is 252 g/mol. The van der Waals surface area contributed by atoms with Crippen LogP contribution in [-0.4, -0.2) is 11.1 Å². The van der Waals surface area contributed by atoms with E-state index < -0.39 is 12.1 Å². The first-order valence-corrected chi connectivity index (χ1v) is 6.38. The third-order valence-electron chi connectivity index (χ3n) is 2.91. The van der Waals surface area contributed by atoms with Crippen LogP contribution >= 0.6 is 0 Å². The number of carbonyl (C=O) groups excluding carboxylic acids is 1. The highest BCUT2D eigenvalue weighted by Crippen LogP contribution is 2.26. The molecule has 0 saturated carbocycles. The van der Waals surface area contributed by atoms with Crippen LogP contribution in [0.5, 0.6) is 0 Å². The summed E-state index contributed by atoms with van der Waals surface area (Å²) in [6.45, 7) is 1.58. The summed E-state index contributed by atoms with van der Waals surface area (Å²) >= 11 is 0. The van der Waals surface area contributed by atoms with Gasteiger partial charge in [-0.2, -0.15) is 0 Å². The van der Waals surface area contributed by atoms with Gasteiger partial charge in [-0.3, -0.25) is 0 Å². The van der Waals surface area contributed by atoms with Crippen LogP contribution in [0.1, 0.15) is 24.2 Å². The van der Waals surface area contributed by atoms with Crippen LogP contribution in [0.25, 0.3) is 0 Å². The average molecular weight is 268 g/mol. The van der Waals surface area contributed by atoms with Gasteiger partial charge in [0.1, 0.15) is 0 Å². The topological polar surface area (TPSA) is 46.5 Å². The van der Waals surface area contributed by atoms with Gasteiger partial charge < -0.3 is 9.84 Å². The first-order chi connectivity index (χ1) is 9.72. The second-order valence-corrected chi connectivity index (χ2v) is 4.28. The highest BCUT2D eigenvalue weighted by atomic mass is 16.6. The van der Waals surface area contributed by atoms with Crippen molar-refractivity contribution in [1.82, 2.24) is 0 Å². The standard InChI is InChI=1S/C17H16O3/c1-2-15(18)17(19)20-16(13-9-5-3-6-10-13)14-11-7-4-8-12-14/h2-12,16,18H,1H3. The smallest absolute Gasteiger partial charge is 0.373 e. The van der Waals surface area contributed by atoms with Crippen LogP contribution in [0.15, 0.2) is 72.5 Å². The molecule has 0 aromatic heterocycles. The third-order valence-corrected chi connectivity index (χ3v) is 2.91. The Hall–Kier alpha value is -2.55. The Morgan fingerprint density at radius 1 is 1.00 bits per heavy atom. The molecular formula is C17H16O3. The number of carbonyl (C=O) groups is 1. The Kier molecular flexibility index (Phi) is 4.56. The molecule has 0 unspecified atom stereocenters. The maximum atomic E-state index is 11.8. The van der Waals surface area contributed by atoms with E-state index in [1.54, 1.807) is 6.92 Å². The summed E-state index contributed by atoms with van der Waals surface area (Å²) in [6, 6.07) is 18.9. The molecule has 0 spiro atoms. The molecule has 0 fully saturated rings. The molecule has 3 nitrogen and oxygen atoms in total. The molecule has 3 heteroatoms. The van der Waals surface area contributed by atoms with Crippen molar-refractivity contribution < 1.29 is 14.6 Å². The van der Waals surface area contributed by atoms with E-state index in [9.17, 15) is 9.90 Å². The number of aliphatic hydroxyl groups is 1. The van der Waals surface area contributed by atoms with E-state index in [1.807, 2.05) is 60.7 Å². The van der Waals surface area contributed by atoms with Crippen molar-refractivity contribution in [3.05, 3.63) is 83.6 Å². The van der Waals surface area contributed by atoms with Gasteiger partial charge in [-0.1, -0.05) is 60.7 Å². The number of aliphatic hydroxyl groups excluding tert-OH is 1. The summed E-state index contributed by atoms with van der Waals surface area (Å²) < 4.78 is 5.42. The minimum atomic E-state index is -0.731. The molecule has 2 aromatic carbocycles. The average Bonchev–Trinajstić information content (AvgIpc) is 2.53. The molecule has 20 heavy (non-hydrogen) atoms. The zero-order valence-corrected chi connectivity index (χ0v) is 11.2. The molecule has 0 amide bonds. The van der Waals surface area contributed by atoms with E-state index in [1.165, 1.54) is 6.08 Å². The maximum absolute atomic E-state index is 11.8. The Bertz CT molecular complexity index is 549. The van der Waals surface area contributed by atoms with Crippen molar-refractivity contribution in [2.24, 2.45) is 0 Å². The second kappa shape index (κ2) is 6.57. The van der Waals surface area contributed by atoms with Gasteiger partial charge in [0.15, 0.2) is 11.9 Å². The zero-order chi connectivity index (χ0) is 14.4. The number of esters is 1. The van der Waals surface area contributed by atoms with Crippen molar-refractivity contribution >= 4 is 5.97 Å². The van der Waals surface area contributed by atoms with Gasteiger partial charge in [0.2, 0.25) is 0 Å². The molecule has 102 valence electrons. The summed E-state index contributed by atoms with van der Waals surface area (Å²) in [5.41, 5.74) is 1.71. The predicted molar refractivity (Wildman–Crippen MR) is 77.2 cm³/mol. The number of hydrogen-bond acceptors (Lipinski definition) is 3. The van der Waals surface area contributed by atoms with Crippen LogP contribution < -0.4 is 0 Å². The predicted octanol–water partition coefficient (Wildman–Crippen LogP) is 3.78. The highest BCUT2D eigenvalue weighted by Gasteiger charge is 2.20. The fraction of sp³-hybridized carbons (Fsp3) is 0.118. The Morgan fingerprint density at radius 2 is 1.45 bits per heavy atom. The number of rotatable bonds is 4. The molecule has 2 rings (SSSR count). The Labute approximate surface area is 118 Å².